The lowest BCUT2D eigenvalue weighted by Crippen LogP contribution is -2.43. The molecule has 0 unspecified atom stereocenters. The quantitative estimate of drug-likeness (QED) is 0.375. The van der Waals surface area contributed by atoms with Gasteiger partial charge in [-0.25, -0.2) is 9.18 Å². The number of aromatic amines is 1. The predicted molar refractivity (Wildman–Crippen MR) is 122 cm³/mol. The van der Waals surface area contributed by atoms with Gasteiger partial charge in [0, 0.05) is 28.7 Å². The van der Waals surface area contributed by atoms with Gasteiger partial charge in [-0.2, -0.15) is 0 Å². The number of H-pyrrole nitrogens is 1. The first-order valence-electron chi connectivity index (χ1n) is 10.2. The van der Waals surface area contributed by atoms with E-state index in [0.29, 0.717) is 29.2 Å². The minimum atomic E-state index is -0.568. The molecular formula is C25H21ClFN3O. The van der Waals surface area contributed by atoms with Crippen molar-refractivity contribution < 1.29 is 9.18 Å². The van der Waals surface area contributed by atoms with E-state index >= 15 is 0 Å². The lowest BCUT2D eigenvalue weighted by atomic mass is 9.92. The summed E-state index contributed by atoms with van der Waals surface area (Å²) in [6.45, 7) is 2.40. The van der Waals surface area contributed by atoms with Gasteiger partial charge in [0.2, 0.25) is 0 Å². The zero-order chi connectivity index (χ0) is 21.5. The van der Waals surface area contributed by atoms with Crippen LogP contribution in [0.3, 0.4) is 0 Å². The largest absolute Gasteiger partial charge is 0.356 e. The topological polar surface area (TPSA) is 48.1 Å². The Bertz CT molecular complexity index is 1300. The van der Waals surface area contributed by atoms with Crippen molar-refractivity contribution in [1.29, 1.82) is 0 Å². The molecule has 0 fully saturated rings. The van der Waals surface area contributed by atoms with Crippen LogP contribution in [0, 0.1) is 12.7 Å². The number of rotatable bonds is 2. The summed E-state index contributed by atoms with van der Waals surface area (Å²) in [4.78, 5) is 18.5. The number of nitrogens with one attached hydrogen (secondary N) is 2. The molecule has 4 aromatic rings. The Balaban J connectivity index is 1.59. The highest BCUT2D eigenvalue weighted by molar-refractivity contribution is 6.33. The second-order valence-electron chi connectivity index (χ2n) is 7.84. The summed E-state index contributed by atoms with van der Waals surface area (Å²) in [7, 11) is 0. The number of benzene rings is 3. The van der Waals surface area contributed by atoms with Crippen LogP contribution in [0.1, 0.15) is 28.4 Å². The number of nitrogens with zero attached hydrogens (tertiary/aromatic N) is 1. The van der Waals surface area contributed by atoms with Crippen molar-refractivity contribution in [2.75, 3.05) is 11.9 Å². The van der Waals surface area contributed by atoms with E-state index < -0.39 is 6.04 Å². The Labute approximate surface area is 184 Å². The molecule has 2 amide bonds. The predicted octanol–water partition coefficient (Wildman–Crippen LogP) is 6.45. The van der Waals surface area contributed by atoms with Gasteiger partial charge < -0.3 is 15.2 Å². The van der Waals surface area contributed by atoms with Crippen LogP contribution in [0.4, 0.5) is 14.9 Å². The SMILES string of the molecule is Cc1ccc(NC(=O)N2CCc3c([nH]c4ccccc34)[C@H]2c2ccccc2F)c(Cl)c1. The van der Waals surface area contributed by atoms with Gasteiger partial charge in [0.25, 0.3) is 0 Å². The van der Waals surface area contributed by atoms with E-state index in [9.17, 15) is 9.18 Å². The van der Waals surface area contributed by atoms with Gasteiger partial charge in [0.15, 0.2) is 0 Å². The number of aryl methyl sites for hydroxylation is 1. The van der Waals surface area contributed by atoms with E-state index in [1.54, 1.807) is 35.2 Å². The number of carbonyl (C=O) groups excluding carboxylic acids is 1. The van der Waals surface area contributed by atoms with Crippen LogP contribution in [0.2, 0.25) is 5.02 Å². The molecular weight excluding hydrogens is 413 g/mol. The fraction of sp³-hybridized carbons (Fsp3) is 0.160. The van der Waals surface area contributed by atoms with Crippen LogP contribution in [0.15, 0.2) is 66.7 Å². The molecule has 3 aromatic carbocycles. The van der Waals surface area contributed by atoms with Gasteiger partial charge in [0.05, 0.1) is 10.7 Å². The molecule has 1 atom stereocenters. The van der Waals surface area contributed by atoms with Crippen molar-refractivity contribution in [3.63, 3.8) is 0 Å². The molecule has 156 valence electrons. The number of anilines is 1. The van der Waals surface area contributed by atoms with Crippen molar-refractivity contribution in [2.45, 2.75) is 19.4 Å². The molecule has 0 saturated heterocycles. The Morgan fingerprint density at radius 1 is 1.13 bits per heavy atom. The Morgan fingerprint density at radius 3 is 2.71 bits per heavy atom. The fourth-order valence-electron chi connectivity index (χ4n) is 4.39. The first-order chi connectivity index (χ1) is 15.0. The monoisotopic (exact) mass is 433 g/mol. The van der Waals surface area contributed by atoms with Gasteiger partial charge >= 0.3 is 6.03 Å². The molecule has 5 rings (SSSR count). The second kappa shape index (κ2) is 7.75. The summed E-state index contributed by atoms with van der Waals surface area (Å²) in [6.07, 6.45) is 0.680. The molecule has 2 heterocycles. The van der Waals surface area contributed by atoms with Crippen molar-refractivity contribution >= 4 is 34.2 Å². The van der Waals surface area contributed by atoms with Crippen LogP contribution in [0.25, 0.3) is 10.9 Å². The molecule has 4 nitrogen and oxygen atoms in total. The third kappa shape index (κ3) is 3.45. The van der Waals surface area contributed by atoms with Crippen LogP contribution in [-0.4, -0.2) is 22.5 Å². The normalized spacial score (nSPS) is 15.7. The first-order valence-corrected chi connectivity index (χ1v) is 10.6. The minimum Gasteiger partial charge on any atom is -0.356 e. The summed E-state index contributed by atoms with van der Waals surface area (Å²) < 4.78 is 14.9. The van der Waals surface area contributed by atoms with Gasteiger partial charge in [-0.1, -0.05) is 54.1 Å². The number of hydrogen-bond acceptors (Lipinski definition) is 1. The van der Waals surface area contributed by atoms with Crippen LogP contribution in [0.5, 0.6) is 0 Å². The third-order valence-electron chi connectivity index (χ3n) is 5.86. The number of amides is 2. The Hall–Kier alpha value is -3.31. The van der Waals surface area contributed by atoms with Gasteiger partial charge in [-0.05, 0) is 48.7 Å². The molecule has 31 heavy (non-hydrogen) atoms. The Kier molecular flexibility index (Phi) is 4.91. The number of hydrogen-bond donors (Lipinski definition) is 2. The van der Waals surface area contributed by atoms with Crippen LogP contribution >= 0.6 is 11.6 Å². The van der Waals surface area contributed by atoms with Crippen molar-refractivity contribution in [2.24, 2.45) is 0 Å². The maximum absolute atomic E-state index is 14.9. The summed E-state index contributed by atoms with van der Waals surface area (Å²) >= 11 is 6.33. The molecule has 6 heteroatoms. The number of halogens is 2. The third-order valence-corrected chi connectivity index (χ3v) is 6.17. The lowest BCUT2D eigenvalue weighted by molar-refractivity contribution is 0.192. The van der Waals surface area contributed by atoms with E-state index in [-0.39, 0.29) is 11.8 Å². The highest BCUT2D eigenvalue weighted by Gasteiger charge is 2.36. The maximum Gasteiger partial charge on any atom is 0.322 e. The average molecular weight is 434 g/mol. The van der Waals surface area contributed by atoms with Crippen molar-refractivity contribution in [3.05, 3.63) is 100.0 Å². The number of urea groups is 1. The second-order valence-corrected chi connectivity index (χ2v) is 8.25. The fourth-order valence-corrected chi connectivity index (χ4v) is 4.67. The standard InChI is InChI=1S/C25H21ClFN3O/c1-15-10-11-22(19(26)14-15)29-25(31)30-13-12-17-16-6-3-5-9-21(16)28-23(17)24(30)18-7-2-4-8-20(18)27/h2-11,14,24,28H,12-13H2,1H3,(H,29,31)/t24-/m1/s1. The molecule has 2 N–H and O–H groups in total. The molecule has 0 spiro atoms. The average Bonchev–Trinajstić information content (AvgIpc) is 3.14. The summed E-state index contributed by atoms with van der Waals surface area (Å²) in [5.74, 6) is -0.342. The van der Waals surface area contributed by atoms with E-state index in [4.69, 9.17) is 11.6 Å². The molecule has 1 aromatic heterocycles. The molecule has 0 radical (unpaired) electrons. The molecule has 0 aliphatic carbocycles. The van der Waals surface area contributed by atoms with Crippen molar-refractivity contribution in [3.8, 4) is 0 Å². The smallest absolute Gasteiger partial charge is 0.322 e. The summed E-state index contributed by atoms with van der Waals surface area (Å²) in [5, 5.41) is 4.49. The van der Waals surface area contributed by atoms with Crippen LogP contribution < -0.4 is 5.32 Å². The minimum absolute atomic E-state index is 0.316. The first kappa shape index (κ1) is 19.6. The molecule has 0 saturated carbocycles. The Morgan fingerprint density at radius 2 is 1.90 bits per heavy atom. The maximum atomic E-state index is 14.9. The van der Waals surface area contributed by atoms with E-state index in [0.717, 1.165) is 27.7 Å². The lowest BCUT2D eigenvalue weighted by Gasteiger charge is -2.36. The highest BCUT2D eigenvalue weighted by Crippen LogP contribution is 2.39. The molecule has 1 aliphatic rings. The van der Waals surface area contributed by atoms with Crippen molar-refractivity contribution in [1.82, 2.24) is 9.88 Å². The zero-order valence-corrected chi connectivity index (χ0v) is 17.7. The number of carbonyl (C=O) groups is 1. The zero-order valence-electron chi connectivity index (χ0n) is 17.0. The number of fused-ring (bicyclic) bond motifs is 3. The molecule has 0 bridgehead atoms. The molecule has 1 aliphatic heterocycles. The van der Waals surface area contributed by atoms with Crippen LogP contribution in [-0.2, 0) is 6.42 Å². The van der Waals surface area contributed by atoms with E-state index in [1.165, 1.54) is 6.07 Å². The van der Waals surface area contributed by atoms with Gasteiger partial charge in [-0.15, -0.1) is 0 Å². The van der Waals surface area contributed by atoms with E-state index in [1.807, 2.05) is 31.2 Å². The highest BCUT2D eigenvalue weighted by atomic mass is 35.5. The number of aromatic nitrogens is 1. The summed E-state index contributed by atoms with van der Waals surface area (Å²) in [6, 6.07) is 19.2. The summed E-state index contributed by atoms with van der Waals surface area (Å²) in [5.41, 5.74) is 4.96. The number of para-hydroxylation sites is 1. The van der Waals surface area contributed by atoms with E-state index in [2.05, 4.69) is 16.4 Å². The van der Waals surface area contributed by atoms with Gasteiger partial charge in [-0.3, -0.25) is 0 Å². The van der Waals surface area contributed by atoms with Gasteiger partial charge in [0.1, 0.15) is 11.9 Å².